The highest BCUT2D eigenvalue weighted by Gasteiger charge is 2.42. The van der Waals surface area contributed by atoms with Crippen LogP contribution in [-0.4, -0.2) is 29.1 Å². The van der Waals surface area contributed by atoms with E-state index in [2.05, 4.69) is 10.3 Å². The summed E-state index contributed by atoms with van der Waals surface area (Å²) in [6, 6.07) is 2.55. The van der Waals surface area contributed by atoms with Crippen molar-refractivity contribution in [2.45, 2.75) is 12.8 Å². The lowest BCUT2D eigenvalue weighted by Crippen LogP contribution is -2.31. The van der Waals surface area contributed by atoms with E-state index in [0.29, 0.717) is 6.54 Å². The molecule has 5 heteroatoms. The van der Waals surface area contributed by atoms with E-state index in [1.165, 1.54) is 12.3 Å². The molecule has 0 spiro atoms. The number of hydrogen-bond donors (Lipinski definition) is 2. The Morgan fingerprint density at radius 3 is 2.94 bits per heavy atom. The molecule has 4 nitrogen and oxygen atoms in total. The zero-order chi connectivity index (χ0) is 11.6. The summed E-state index contributed by atoms with van der Waals surface area (Å²) in [7, 11) is 0. The molecule has 1 heterocycles. The number of hydrogen-bond acceptors (Lipinski definition) is 3. The van der Waals surface area contributed by atoms with Crippen molar-refractivity contribution < 1.29 is 14.3 Å². The molecular formula is C11H13FN2O2. The number of carbonyl (C=O) groups is 1. The molecule has 1 saturated carbocycles. The molecule has 86 valence electrons. The standard InChI is InChI=1S/C11H13FN2O2/c12-9-5-8(1-4-13-9)10(16)14-6-11(7-15)2-3-11/h1,4-5,15H,2-3,6-7H2,(H,14,16). The molecule has 1 fully saturated rings. The third-order valence-corrected chi connectivity index (χ3v) is 2.91. The molecule has 1 aliphatic carbocycles. The number of carbonyl (C=O) groups excluding carboxylic acids is 1. The van der Waals surface area contributed by atoms with Crippen molar-refractivity contribution in [1.29, 1.82) is 0 Å². The molecule has 1 aliphatic rings. The Bertz CT molecular complexity index is 405. The summed E-state index contributed by atoms with van der Waals surface area (Å²) in [5.74, 6) is -1.00. The van der Waals surface area contributed by atoms with Gasteiger partial charge in [0.25, 0.3) is 5.91 Å². The van der Waals surface area contributed by atoms with Gasteiger partial charge in [-0.15, -0.1) is 0 Å². The molecular weight excluding hydrogens is 211 g/mol. The minimum atomic E-state index is -0.670. The second kappa shape index (κ2) is 4.17. The van der Waals surface area contributed by atoms with Crippen LogP contribution in [0.2, 0.25) is 0 Å². The maximum Gasteiger partial charge on any atom is 0.251 e. The van der Waals surface area contributed by atoms with E-state index < -0.39 is 5.95 Å². The summed E-state index contributed by atoms with van der Waals surface area (Å²) in [5.41, 5.74) is 0.113. The van der Waals surface area contributed by atoms with Crippen LogP contribution >= 0.6 is 0 Å². The van der Waals surface area contributed by atoms with Crippen molar-refractivity contribution in [3.8, 4) is 0 Å². The Morgan fingerprint density at radius 2 is 2.38 bits per heavy atom. The molecule has 0 radical (unpaired) electrons. The van der Waals surface area contributed by atoms with Crippen LogP contribution in [0.3, 0.4) is 0 Å². The number of amides is 1. The number of rotatable bonds is 4. The van der Waals surface area contributed by atoms with Crippen molar-refractivity contribution in [3.63, 3.8) is 0 Å². The molecule has 0 aromatic carbocycles. The normalized spacial score (nSPS) is 16.9. The first-order chi connectivity index (χ1) is 7.65. The highest BCUT2D eigenvalue weighted by atomic mass is 19.1. The van der Waals surface area contributed by atoms with Crippen molar-refractivity contribution in [2.24, 2.45) is 5.41 Å². The quantitative estimate of drug-likeness (QED) is 0.741. The van der Waals surface area contributed by atoms with E-state index in [-0.39, 0.29) is 23.5 Å². The third-order valence-electron chi connectivity index (χ3n) is 2.91. The number of aliphatic hydroxyl groups excluding tert-OH is 1. The van der Waals surface area contributed by atoms with Gasteiger partial charge < -0.3 is 10.4 Å². The van der Waals surface area contributed by atoms with Gasteiger partial charge in [-0.1, -0.05) is 0 Å². The lowest BCUT2D eigenvalue weighted by Gasteiger charge is -2.12. The maximum absolute atomic E-state index is 12.7. The van der Waals surface area contributed by atoms with Crippen molar-refractivity contribution >= 4 is 5.91 Å². The second-order valence-electron chi connectivity index (χ2n) is 4.21. The van der Waals surface area contributed by atoms with Crippen molar-refractivity contribution in [3.05, 3.63) is 29.8 Å². The minimum absolute atomic E-state index is 0.0813. The number of pyridine rings is 1. The Balaban J connectivity index is 1.93. The van der Waals surface area contributed by atoms with Gasteiger partial charge in [-0.2, -0.15) is 4.39 Å². The molecule has 1 aromatic heterocycles. The highest BCUT2D eigenvalue weighted by molar-refractivity contribution is 5.94. The molecule has 16 heavy (non-hydrogen) atoms. The lowest BCUT2D eigenvalue weighted by molar-refractivity contribution is 0.0934. The fourth-order valence-electron chi connectivity index (χ4n) is 1.48. The summed E-state index contributed by atoms with van der Waals surface area (Å²) < 4.78 is 12.7. The molecule has 0 atom stereocenters. The number of halogens is 1. The van der Waals surface area contributed by atoms with Crippen LogP contribution in [0.4, 0.5) is 4.39 Å². The average Bonchev–Trinajstić information content (AvgIpc) is 3.07. The highest BCUT2D eigenvalue weighted by Crippen LogP contribution is 2.44. The number of aromatic nitrogens is 1. The van der Waals surface area contributed by atoms with Crippen LogP contribution in [0, 0.1) is 11.4 Å². The molecule has 0 unspecified atom stereocenters. The fraction of sp³-hybridized carbons (Fsp3) is 0.455. The Kier molecular flexibility index (Phi) is 2.87. The van der Waals surface area contributed by atoms with Crippen molar-refractivity contribution in [1.82, 2.24) is 10.3 Å². The molecule has 0 aliphatic heterocycles. The van der Waals surface area contributed by atoms with Gasteiger partial charge in [0.2, 0.25) is 5.95 Å². The van der Waals surface area contributed by atoms with Gasteiger partial charge in [-0.05, 0) is 18.9 Å². The zero-order valence-corrected chi connectivity index (χ0v) is 8.74. The molecule has 2 rings (SSSR count). The predicted molar refractivity (Wildman–Crippen MR) is 55.3 cm³/mol. The number of nitrogens with one attached hydrogen (secondary N) is 1. The summed E-state index contributed by atoms with van der Waals surface area (Å²) in [6.45, 7) is 0.518. The van der Waals surface area contributed by atoms with Gasteiger partial charge in [0, 0.05) is 29.8 Å². The second-order valence-corrected chi connectivity index (χ2v) is 4.21. The average molecular weight is 224 g/mol. The van der Waals surface area contributed by atoms with E-state index in [0.717, 1.165) is 18.9 Å². The number of nitrogens with zero attached hydrogens (tertiary/aromatic N) is 1. The first-order valence-corrected chi connectivity index (χ1v) is 5.16. The van der Waals surface area contributed by atoms with E-state index in [1.54, 1.807) is 0 Å². The minimum Gasteiger partial charge on any atom is -0.396 e. The molecule has 1 aromatic rings. The first kappa shape index (κ1) is 11.0. The van der Waals surface area contributed by atoms with Crippen molar-refractivity contribution in [2.75, 3.05) is 13.2 Å². The summed E-state index contributed by atoms with van der Waals surface area (Å²) >= 11 is 0. The van der Waals surface area contributed by atoms with E-state index in [9.17, 15) is 9.18 Å². The van der Waals surface area contributed by atoms with Gasteiger partial charge in [-0.25, -0.2) is 4.98 Å². The fourth-order valence-corrected chi connectivity index (χ4v) is 1.48. The summed E-state index contributed by atoms with van der Waals surface area (Å²) in [5, 5.41) is 11.7. The lowest BCUT2D eigenvalue weighted by atomic mass is 10.1. The van der Waals surface area contributed by atoms with Crippen LogP contribution in [0.1, 0.15) is 23.2 Å². The van der Waals surface area contributed by atoms with Gasteiger partial charge in [-0.3, -0.25) is 4.79 Å². The van der Waals surface area contributed by atoms with E-state index >= 15 is 0 Å². The zero-order valence-electron chi connectivity index (χ0n) is 8.74. The van der Waals surface area contributed by atoms with Gasteiger partial charge >= 0.3 is 0 Å². The Hall–Kier alpha value is -1.49. The van der Waals surface area contributed by atoms with Crippen LogP contribution in [-0.2, 0) is 0 Å². The Morgan fingerprint density at radius 1 is 1.62 bits per heavy atom. The van der Waals surface area contributed by atoms with Crippen LogP contribution < -0.4 is 5.32 Å². The topological polar surface area (TPSA) is 62.2 Å². The largest absolute Gasteiger partial charge is 0.396 e. The maximum atomic E-state index is 12.7. The first-order valence-electron chi connectivity index (χ1n) is 5.16. The van der Waals surface area contributed by atoms with E-state index in [4.69, 9.17) is 5.11 Å². The monoisotopic (exact) mass is 224 g/mol. The molecule has 2 N–H and O–H groups in total. The van der Waals surface area contributed by atoms with Gasteiger partial charge in [0.1, 0.15) is 0 Å². The van der Waals surface area contributed by atoms with Crippen LogP contribution in [0.5, 0.6) is 0 Å². The van der Waals surface area contributed by atoms with Gasteiger partial charge in [0.05, 0.1) is 6.61 Å². The number of aliphatic hydroxyl groups is 1. The van der Waals surface area contributed by atoms with Crippen LogP contribution in [0.15, 0.2) is 18.3 Å². The predicted octanol–water partition coefficient (Wildman–Crippen LogP) is 0.723. The van der Waals surface area contributed by atoms with E-state index in [1.807, 2.05) is 0 Å². The van der Waals surface area contributed by atoms with Crippen LogP contribution in [0.25, 0.3) is 0 Å². The molecule has 0 bridgehead atoms. The summed E-state index contributed by atoms with van der Waals surface area (Å²) in [6.07, 6.45) is 3.10. The Labute approximate surface area is 92.5 Å². The molecule has 1 amide bonds. The molecule has 0 saturated heterocycles. The summed E-state index contributed by atoms with van der Waals surface area (Å²) in [4.78, 5) is 15.0. The SMILES string of the molecule is O=C(NCC1(CO)CC1)c1ccnc(F)c1. The van der Waals surface area contributed by atoms with Gasteiger partial charge in [0.15, 0.2) is 0 Å². The third kappa shape index (κ3) is 2.36. The smallest absolute Gasteiger partial charge is 0.251 e.